The van der Waals surface area contributed by atoms with E-state index in [1.807, 2.05) is 48.5 Å². The highest BCUT2D eigenvalue weighted by Gasteiger charge is 2.39. The quantitative estimate of drug-likeness (QED) is 0.355. The third kappa shape index (κ3) is 4.77. The van der Waals surface area contributed by atoms with Crippen LogP contribution in [0.15, 0.2) is 71.4 Å². The van der Waals surface area contributed by atoms with E-state index in [0.29, 0.717) is 30.5 Å². The highest BCUT2D eigenvalue weighted by atomic mass is 16.5. The normalized spacial score (nSPS) is 16.0. The largest absolute Gasteiger partial charge is 0.493 e. The fraction of sp³-hybridized carbons (Fsp3) is 0.286. The zero-order chi connectivity index (χ0) is 25.1. The van der Waals surface area contributed by atoms with Crippen LogP contribution >= 0.6 is 0 Å². The number of nitrogens with zero attached hydrogens (tertiary/aromatic N) is 3. The van der Waals surface area contributed by atoms with E-state index in [-0.39, 0.29) is 5.91 Å². The van der Waals surface area contributed by atoms with Gasteiger partial charge < -0.3 is 25.1 Å². The molecule has 3 N–H and O–H groups in total. The molecule has 37 heavy (non-hydrogen) atoms. The van der Waals surface area contributed by atoms with Crippen LogP contribution in [-0.2, 0) is 18.5 Å². The van der Waals surface area contributed by atoms with Crippen molar-refractivity contribution in [1.82, 2.24) is 25.8 Å². The van der Waals surface area contributed by atoms with Gasteiger partial charge in [0.05, 0.1) is 6.61 Å². The van der Waals surface area contributed by atoms with Crippen LogP contribution in [-0.4, -0.2) is 40.8 Å². The van der Waals surface area contributed by atoms with Crippen molar-refractivity contribution >= 4 is 11.6 Å². The summed E-state index contributed by atoms with van der Waals surface area (Å²) in [5.74, 6) is 1.75. The van der Waals surface area contributed by atoms with Crippen molar-refractivity contribution in [2.24, 2.45) is 0 Å². The number of para-hydroxylation sites is 1. The second kappa shape index (κ2) is 10.0. The Morgan fingerprint density at radius 3 is 2.73 bits per heavy atom. The minimum absolute atomic E-state index is 0.142. The molecule has 0 radical (unpaired) electrons. The van der Waals surface area contributed by atoms with Crippen molar-refractivity contribution in [2.75, 3.05) is 25.0 Å². The summed E-state index contributed by atoms with van der Waals surface area (Å²) in [6.45, 7) is 2.72. The molecule has 4 aromatic rings. The van der Waals surface area contributed by atoms with E-state index in [0.717, 1.165) is 54.9 Å². The molecule has 1 fully saturated rings. The average Bonchev–Trinajstić information content (AvgIpc) is 3.64. The Kier molecular flexibility index (Phi) is 6.28. The lowest BCUT2D eigenvalue weighted by molar-refractivity contribution is 0.0950. The lowest BCUT2D eigenvalue weighted by atomic mass is 9.87. The first-order chi connectivity index (χ1) is 18.2. The van der Waals surface area contributed by atoms with Crippen LogP contribution in [0.4, 0.5) is 5.69 Å². The summed E-state index contributed by atoms with van der Waals surface area (Å²) in [5, 5.41) is 18.8. The summed E-state index contributed by atoms with van der Waals surface area (Å²) in [5.41, 5.74) is 3.87. The maximum absolute atomic E-state index is 13.0. The highest BCUT2D eigenvalue weighted by molar-refractivity contribution is 5.95. The SMILES string of the molecule is O=C(NCc1cccc2c1OCC2)c1cccc(NC2(c3nnc(-c4ccncc4)o3)CCNCC2)c1. The number of amides is 1. The summed E-state index contributed by atoms with van der Waals surface area (Å²) >= 11 is 0. The van der Waals surface area contributed by atoms with E-state index in [4.69, 9.17) is 9.15 Å². The molecule has 0 aliphatic carbocycles. The van der Waals surface area contributed by atoms with Gasteiger partial charge in [-0.25, -0.2) is 0 Å². The molecule has 2 aliphatic rings. The maximum Gasteiger partial charge on any atom is 0.251 e. The Morgan fingerprint density at radius 1 is 1.03 bits per heavy atom. The Hall–Kier alpha value is -4.24. The lowest BCUT2D eigenvalue weighted by Crippen LogP contribution is -2.45. The minimum Gasteiger partial charge on any atom is -0.493 e. The molecule has 0 saturated carbocycles. The topological polar surface area (TPSA) is 114 Å². The monoisotopic (exact) mass is 496 g/mol. The molecule has 4 heterocycles. The van der Waals surface area contributed by atoms with Gasteiger partial charge in [-0.05, 0) is 61.8 Å². The first-order valence-corrected chi connectivity index (χ1v) is 12.6. The summed E-state index contributed by atoms with van der Waals surface area (Å²) in [6, 6.07) is 17.3. The number of rotatable bonds is 7. The van der Waals surface area contributed by atoms with Gasteiger partial charge in [-0.1, -0.05) is 24.3 Å². The molecule has 0 atom stereocenters. The first kappa shape index (κ1) is 23.2. The predicted molar refractivity (Wildman–Crippen MR) is 138 cm³/mol. The Bertz CT molecular complexity index is 1400. The van der Waals surface area contributed by atoms with Crippen LogP contribution in [0, 0.1) is 0 Å². The Balaban J connectivity index is 1.20. The molecule has 2 aromatic heterocycles. The molecular formula is C28H28N6O3. The Morgan fingerprint density at radius 2 is 1.86 bits per heavy atom. The fourth-order valence-electron chi connectivity index (χ4n) is 4.99. The number of fused-ring (bicyclic) bond motifs is 1. The predicted octanol–water partition coefficient (Wildman–Crippen LogP) is 3.69. The highest BCUT2D eigenvalue weighted by Crippen LogP contribution is 2.35. The van der Waals surface area contributed by atoms with Crippen molar-refractivity contribution in [3.05, 3.63) is 89.6 Å². The summed E-state index contributed by atoms with van der Waals surface area (Å²) in [4.78, 5) is 17.1. The van der Waals surface area contributed by atoms with E-state index in [2.05, 4.69) is 37.2 Å². The third-order valence-corrected chi connectivity index (χ3v) is 6.96. The second-order valence-electron chi connectivity index (χ2n) is 9.37. The van der Waals surface area contributed by atoms with Gasteiger partial charge in [0.15, 0.2) is 0 Å². The van der Waals surface area contributed by atoms with E-state index in [1.165, 1.54) is 5.56 Å². The van der Waals surface area contributed by atoms with Gasteiger partial charge in [-0.3, -0.25) is 9.78 Å². The van der Waals surface area contributed by atoms with Crippen molar-refractivity contribution in [1.29, 1.82) is 0 Å². The molecule has 0 bridgehead atoms. The number of carbonyl (C=O) groups excluding carboxylic acids is 1. The van der Waals surface area contributed by atoms with E-state index in [9.17, 15) is 4.79 Å². The molecule has 2 aliphatic heterocycles. The molecule has 0 spiro atoms. The number of benzene rings is 2. The van der Waals surface area contributed by atoms with Crippen LogP contribution in [0.3, 0.4) is 0 Å². The van der Waals surface area contributed by atoms with E-state index < -0.39 is 5.54 Å². The van der Waals surface area contributed by atoms with Crippen LogP contribution in [0.2, 0.25) is 0 Å². The molecule has 9 heteroatoms. The van der Waals surface area contributed by atoms with Gasteiger partial charge in [0.25, 0.3) is 5.91 Å². The van der Waals surface area contributed by atoms with Crippen LogP contribution < -0.4 is 20.7 Å². The van der Waals surface area contributed by atoms with Crippen molar-refractivity contribution in [2.45, 2.75) is 31.3 Å². The smallest absolute Gasteiger partial charge is 0.251 e. The lowest BCUT2D eigenvalue weighted by Gasteiger charge is -2.36. The number of nitrogens with one attached hydrogen (secondary N) is 3. The Labute approximate surface area is 214 Å². The van der Waals surface area contributed by atoms with Crippen LogP contribution in [0.1, 0.15) is 40.2 Å². The van der Waals surface area contributed by atoms with Gasteiger partial charge in [0.2, 0.25) is 11.8 Å². The molecular weight excluding hydrogens is 468 g/mol. The number of aromatic nitrogens is 3. The molecule has 9 nitrogen and oxygen atoms in total. The van der Waals surface area contributed by atoms with Crippen molar-refractivity contribution in [3.8, 4) is 17.2 Å². The number of pyridine rings is 1. The number of ether oxygens (including phenoxy) is 1. The third-order valence-electron chi connectivity index (χ3n) is 6.96. The van der Waals surface area contributed by atoms with Crippen LogP contribution in [0.25, 0.3) is 11.5 Å². The minimum atomic E-state index is -0.541. The number of piperidine rings is 1. The van der Waals surface area contributed by atoms with Crippen molar-refractivity contribution < 1.29 is 13.9 Å². The van der Waals surface area contributed by atoms with E-state index >= 15 is 0 Å². The number of hydrogen-bond acceptors (Lipinski definition) is 8. The summed E-state index contributed by atoms with van der Waals surface area (Å²) in [7, 11) is 0. The molecule has 1 amide bonds. The number of anilines is 1. The zero-order valence-electron chi connectivity index (χ0n) is 20.4. The first-order valence-electron chi connectivity index (χ1n) is 12.6. The van der Waals surface area contributed by atoms with Gasteiger partial charge in [0, 0.05) is 47.7 Å². The van der Waals surface area contributed by atoms with Gasteiger partial charge in [-0.2, -0.15) is 0 Å². The number of hydrogen-bond donors (Lipinski definition) is 3. The van der Waals surface area contributed by atoms with Crippen LogP contribution in [0.5, 0.6) is 5.75 Å². The van der Waals surface area contributed by atoms with Gasteiger partial charge >= 0.3 is 0 Å². The molecule has 188 valence electrons. The van der Waals surface area contributed by atoms with Gasteiger partial charge in [-0.15, -0.1) is 10.2 Å². The summed E-state index contributed by atoms with van der Waals surface area (Å²) < 4.78 is 11.9. The standard InChI is InChI=1S/C28H28N6O3/c35-25(31-18-22-5-1-3-19-9-16-36-24(19)22)21-4-2-6-23(17-21)32-28(10-14-30-15-11-28)27-34-33-26(37-27)20-7-12-29-13-8-20/h1-8,12-13,17,30,32H,9-11,14-16,18H2,(H,31,35). The second-order valence-corrected chi connectivity index (χ2v) is 9.37. The molecule has 0 unspecified atom stereocenters. The maximum atomic E-state index is 13.0. The van der Waals surface area contributed by atoms with E-state index in [1.54, 1.807) is 12.4 Å². The number of carbonyl (C=O) groups is 1. The molecule has 1 saturated heterocycles. The molecule has 2 aromatic carbocycles. The van der Waals surface area contributed by atoms with Gasteiger partial charge in [0.1, 0.15) is 11.3 Å². The fourth-order valence-corrected chi connectivity index (χ4v) is 4.99. The zero-order valence-corrected chi connectivity index (χ0v) is 20.4. The average molecular weight is 497 g/mol. The van der Waals surface area contributed by atoms with Crippen molar-refractivity contribution in [3.63, 3.8) is 0 Å². The summed E-state index contributed by atoms with van der Waals surface area (Å²) in [6.07, 6.45) is 5.84. The molecule has 6 rings (SSSR count).